The molecule has 1 aromatic heterocycles. The van der Waals surface area contributed by atoms with Gasteiger partial charge in [-0.05, 0) is 24.6 Å². The van der Waals surface area contributed by atoms with Crippen LogP contribution in [0.4, 0.5) is 0 Å². The molecule has 1 unspecified atom stereocenters. The summed E-state index contributed by atoms with van der Waals surface area (Å²) in [5.74, 6) is -2.05. The maximum absolute atomic E-state index is 12.2. The number of nitrogens with zero attached hydrogens (tertiary/aromatic N) is 4. The zero-order valence-corrected chi connectivity index (χ0v) is 16.4. The molecule has 3 aromatic rings. The van der Waals surface area contributed by atoms with Crippen LogP contribution in [0, 0.1) is 6.92 Å². The molecule has 8 heteroatoms. The van der Waals surface area contributed by atoms with Crippen LogP contribution in [-0.2, 0) is 31.4 Å². The molecular formula is C22H20N4O4. The van der Waals surface area contributed by atoms with Crippen LogP contribution in [0.1, 0.15) is 16.8 Å². The van der Waals surface area contributed by atoms with E-state index in [0.29, 0.717) is 37.4 Å². The van der Waals surface area contributed by atoms with Crippen LogP contribution in [-0.4, -0.2) is 51.5 Å². The van der Waals surface area contributed by atoms with Gasteiger partial charge in [-0.15, -0.1) is 0 Å². The number of hydrogen-bond acceptors (Lipinski definition) is 8. The highest BCUT2D eigenvalue weighted by Gasteiger charge is 2.55. The first-order valence-electron chi connectivity index (χ1n) is 9.77. The van der Waals surface area contributed by atoms with Crippen LogP contribution in [0.25, 0.3) is 11.0 Å². The lowest BCUT2D eigenvalue weighted by Gasteiger charge is -2.48. The van der Waals surface area contributed by atoms with Crippen LogP contribution in [0.3, 0.4) is 0 Å². The van der Waals surface area contributed by atoms with Gasteiger partial charge >= 0.3 is 11.9 Å². The van der Waals surface area contributed by atoms with Crippen LogP contribution in [0.15, 0.2) is 54.7 Å². The Bertz CT molecular complexity index is 1130. The number of benzene rings is 2. The largest absolute Gasteiger partial charge is 0.436 e. The molecule has 2 aliphatic heterocycles. The van der Waals surface area contributed by atoms with Gasteiger partial charge in [-0.1, -0.05) is 47.0 Å². The summed E-state index contributed by atoms with van der Waals surface area (Å²) in [4.78, 5) is 40.7. The zero-order chi connectivity index (χ0) is 20.7. The molecule has 30 heavy (non-hydrogen) atoms. The number of aromatic nitrogens is 2. The fourth-order valence-electron chi connectivity index (χ4n) is 3.90. The number of hydroxylamine groups is 2. The molecule has 3 heterocycles. The molecule has 0 saturated carbocycles. The van der Waals surface area contributed by atoms with Crippen LogP contribution >= 0.6 is 0 Å². The Morgan fingerprint density at radius 2 is 1.77 bits per heavy atom. The Hall–Kier alpha value is -3.36. The average molecular weight is 404 g/mol. The number of carbonyl (C=O) groups is 2. The van der Waals surface area contributed by atoms with Crippen molar-refractivity contribution in [3.8, 4) is 0 Å². The average Bonchev–Trinajstić information content (AvgIpc) is 2.76. The first kappa shape index (κ1) is 18.7. The van der Waals surface area contributed by atoms with E-state index in [2.05, 4.69) is 39.1 Å². The predicted molar refractivity (Wildman–Crippen MR) is 107 cm³/mol. The number of esters is 1. The first-order valence-corrected chi connectivity index (χ1v) is 9.77. The third kappa shape index (κ3) is 3.20. The fraction of sp³-hybridized carbons (Fsp3) is 0.273. The van der Waals surface area contributed by atoms with Crippen molar-refractivity contribution in [3.63, 3.8) is 0 Å². The van der Waals surface area contributed by atoms with Crippen LogP contribution < -0.4 is 0 Å². The molecule has 2 aliphatic rings. The zero-order valence-electron chi connectivity index (χ0n) is 16.4. The second-order valence-corrected chi connectivity index (χ2v) is 7.59. The van der Waals surface area contributed by atoms with E-state index >= 15 is 0 Å². The van der Waals surface area contributed by atoms with Gasteiger partial charge in [0.15, 0.2) is 0 Å². The highest BCUT2D eigenvalue weighted by molar-refractivity contribution is 6.30. The molecule has 2 saturated heterocycles. The number of hydrogen-bond donors (Lipinski definition) is 0. The van der Waals surface area contributed by atoms with Gasteiger partial charge in [0.1, 0.15) is 5.69 Å². The van der Waals surface area contributed by atoms with Gasteiger partial charge in [0, 0.05) is 13.1 Å². The number of rotatable bonds is 3. The van der Waals surface area contributed by atoms with Crippen molar-refractivity contribution in [1.29, 1.82) is 0 Å². The van der Waals surface area contributed by atoms with Crippen molar-refractivity contribution in [1.82, 2.24) is 19.9 Å². The third-order valence-corrected chi connectivity index (χ3v) is 5.46. The van der Waals surface area contributed by atoms with Crippen LogP contribution in [0.5, 0.6) is 0 Å². The molecule has 0 spiro atoms. The van der Waals surface area contributed by atoms with E-state index in [9.17, 15) is 9.59 Å². The molecule has 0 bridgehead atoms. The molecule has 2 aromatic carbocycles. The van der Waals surface area contributed by atoms with E-state index in [1.54, 1.807) is 6.20 Å². The maximum atomic E-state index is 12.2. The van der Waals surface area contributed by atoms with Crippen molar-refractivity contribution in [2.45, 2.75) is 19.2 Å². The molecule has 5 rings (SSSR count). The minimum absolute atomic E-state index is 0.299. The van der Waals surface area contributed by atoms with Gasteiger partial charge in [-0.25, -0.2) is 14.6 Å². The monoisotopic (exact) mass is 404 g/mol. The summed E-state index contributed by atoms with van der Waals surface area (Å²) in [5.41, 5.74) is 2.83. The molecule has 2 fully saturated rings. The number of fused-ring (bicyclic) bond motifs is 2. The number of aryl methyl sites for hydroxylation is 1. The Morgan fingerprint density at radius 3 is 2.57 bits per heavy atom. The highest BCUT2D eigenvalue weighted by Crippen LogP contribution is 2.37. The Morgan fingerprint density at radius 1 is 1.00 bits per heavy atom. The Kier molecular flexibility index (Phi) is 4.45. The molecule has 0 amide bonds. The Balaban J connectivity index is 1.52. The lowest BCUT2D eigenvalue weighted by atomic mass is 10.0. The van der Waals surface area contributed by atoms with Gasteiger partial charge in [0.25, 0.3) is 5.72 Å². The minimum atomic E-state index is -1.34. The highest BCUT2D eigenvalue weighted by atomic mass is 16.8. The van der Waals surface area contributed by atoms with Crippen LogP contribution in [0.2, 0.25) is 0 Å². The topological polar surface area (TPSA) is 84.9 Å². The number of carbonyl (C=O) groups excluding carboxylic acids is 2. The third-order valence-electron chi connectivity index (χ3n) is 5.46. The van der Waals surface area contributed by atoms with Gasteiger partial charge < -0.3 is 9.57 Å². The summed E-state index contributed by atoms with van der Waals surface area (Å²) in [6.07, 6.45) is 1.58. The lowest BCUT2D eigenvalue weighted by molar-refractivity contribution is -0.331. The number of ether oxygens (including phenoxy) is 1. The molecule has 0 radical (unpaired) electrons. The summed E-state index contributed by atoms with van der Waals surface area (Å²) in [5, 5.41) is 1.42. The molecule has 8 nitrogen and oxygen atoms in total. The van der Waals surface area contributed by atoms with Crippen molar-refractivity contribution in [3.05, 3.63) is 71.5 Å². The van der Waals surface area contributed by atoms with Crippen molar-refractivity contribution in [2.75, 3.05) is 19.6 Å². The molecular weight excluding hydrogens is 384 g/mol. The summed E-state index contributed by atoms with van der Waals surface area (Å²) in [7, 11) is 0. The summed E-state index contributed by atoms with van der Waals surface area (Å²) in [6, 6.07) is 15.8. The SMILES string of the molecule is Cc1ccc(CN2CCN3OC(=O)C(=O)OC3(c3cnc4ccccc4n3)C2)cc1. The van der Waals surface area contributed by atoms with Crippen molar-refractivity contribution >= 4 is 23.0 Å². The van der Waals surface area contributed by atoms with E-state index in [1.807, 2.05) is 31.2 Å². The molecule has 152 valence electrons. The molecule has 0 aliphatic carbocycles. The molecule has 1 atom stereocenters. The summed E-state index contributed by atoms with van der Waals surface area (Å²) >= 11 is 0. The van der Waals surface area contributed by atoms with Gasteiger partial charge in [-0.2, -0.15) is 0 Å². The number of para-hydroxylation sites is 2. The first-order chi connectivity index (χ1) is 14.5. The normalized spacial score (nSPS) is 22.4. The summed E-state index contributed by atoms with van der Waals surface area (Å²) < 4.78 is 5.68. The summed E-state index contributed by atoms with van der Waals surface area (Å²) in [6.45, 7) is 4.03. The quantitative estimate of drug-likeness (QED) is 0.484. The second-order valence-electron chi connectivity index (χ2n) is 7.59. The number of piperazine rings is 1. The van der Waals surface area contributed by atoms with Crippen molar-refractivity contribution in [2.24, 2.45) is 0 Å². The van der Waals surface area contributed by atoms with E-state index in [-0.39, 0.29) is 0 Å². The fourth-order valence-corrected chi connectivity index (χ4v) is 3.90. The lowest BCUT2D eigenvalue weighted by Crippen LogP contribution is -2.65. The van der Waals surface area contributed by atoms with Gasteiger partial charge in [0.2, 0.25) is 0 Å². The Labute approximate surface area is 173 Å². The standard InChI is InChI=1S/C22H20N4O4/c1-15-6-8-16(9-7-15)13-25-10-11-26-22(14-25,29-20(27)21(28)30-26)19-12-23-17-4-2-3-5-18(17)24-19/h2-9,12H,10-11,13-14H2,1H3. The maximum Gasteiger partial charge on any atom is 0.436 e. The second kappa shape index (κ2) is 7.16. The smallest absolute Gasteiger partial charge is 0.425 e. The van der Waals surface area contributed by atoms with Gasteiger partial charge in [0.05, 0.1) is 30.3 Å². The van der Waals surface area contributed by atoms with E-state index in [4.69, 9.17) is 9.57 Å². The van der Waals surface area contributed by atoms with Crippen molar-refractivity contribution < 1.29 is 19.2 Å². The van der Waals surface area contributed by atoms with E-state index in [1.165, 1.54) is 10.6 Å². The van der Waals surface area contributed by atoms with E-state index in [0.717, 1.165) is 11.1 Å². The minimum Gasteiger partial charge on any atom is -0.425 e. The van der Waals surface area contributed by atoms with E-state index < -0.39 is 17.7 Å². The molecule has 0 N–H and O–H groups in total. The predicted octanol–water partition coefficient (Wildman–Crippen LogP) is 1.92. The van der Waals surface area contributed by atoms with Gasteiger partial charge in [-0.3, -0.25) is 9.88 Å².